The number of pyridine rings is 1. The number of aromatic carboxylic acids is 1. The summed E-state index contributed by atoms with van der Waals surface area (Å²) >= 11 is 0. The third-order valence-corrected chi connectivity index (χ3v) is 2.67. The van der Waals surface area contributed by atoms with Crippen molar-refractivity contribution in [1.29, 1.82) is 0 Å². The smallest absolute Gasteiger partial charge is 0.337 e. The average Bonchev–Trinajstić information content (AvgIpc) is 2.56. The highest BCUT2D eigenvalue weighted by molar-refractivity contribution is 5.92. The largest absolute Gasteiger partial charge is 0.478 e. The first-order chi connectivity index (χ1) is 7.50. The Morgan fingerprint density at radius 1 is 1.50 bits per heavy atom. The minimum atomic E-state index is -0.939. The van der Waals surface area contributed by atoms with Gasteiger partial charge in [0.2, 0.25) is 0 Å². The molecule has 2 rings (SSSR count). The molecule has 2 heterocycles. The van der Waals surface area contributed by atoms with Gasteiger partial charge in [-0.15, -0.1) is 0 Å². The Balaban J connectivity index is 2.71. The third-order valence-electron chi connectivity index (χ3n) is 2.67. The van der Waals surface area contributed by atoms with Gasteiger partial charge in [-0.1, -0.05) is 0 Å². The van der Waals surface area contributed by atoms with Crippen molar-refractivity contribution in [2.75, 3.05) is 0 Å². The number of aromatic nitrogens is 2. The SMILES string of the molecule is Cc1cn(C(C)C)c2ncc(C(=O)O)cc12. The Hall–Kier alpha value is -1.84. The molecule has 0 atom stereocenters. The summed E-state index contributed by atoms with van der Waals surface area (Å²) in [5, 5.41) is 9.82. The second-order valence-corrected chi connectivity index (χ2v) is 4.21. The Labute approximate surface area is 93.5 Å². The molecule has 84 valence electrons. The molecule has 0 radical (unpaired) electrons. The fourth-order valence-electron chi connectivity index (χ4n) is 1.80. The van der Waals surface area contributed by atoms with Crippen LogP contribution in [0.4, 0.5) is 0 Å². The number of rotatable bonds is 2. The molecule has 0 bridgehead atoms. The van der Waals surface area contributed by atoms with E-state index in [1.807, 2.05) is 13.1 Å². The Kier molecular flexibility index (Phi) is 2.42. The van der Waals surface area contributed by atoms with Gasteiger partial charge in [-0.05, 0) is 32.4 Å². The van der Waals surface area contributed by atoms with Crippen LogP contribution in [0, 0.1) is 6.92 Å². The first-order valence-corrected chi connectivity index (χ1v) is 5.21. The lowest BCUT2D eigenvalue weighted by atomic mass is 10.2. The summed E-state index contributed by atoms with van der Waals surface area (Å²) < 4.78 is 2.05. The average molecular weight is 218 g/mol. The van der Waals surface area contributed by atoms with Crippen molar-refractivity contribution in [3.63, 3.8) is 0 Å². The number of aryl methyl sites for hydroxylation is 1. The molecule has 0 amide bonds. The maximum Gasteiger partial charge on any atom is 0.337 e. The Morgan fingerprint density at radius 2 is 2.19 bits per heavy atom. The van der Waals surface area contributed by atoms with Gasteiger partial charge in [0.05, 0.1) is 5.56 Å². The highest BCUT2D eigenvalue weighted by Crippen LogP contribution is 2.23. The number of carboxylic acid groups (broad SMARTS) is 1. The van der Waals surface area contributed by atoms with Crippen LogP contribution in [0.2, 0.25) is 0 Å². The molecule has 2 aromatic heterocycles. The minimum absolute atomic E-state index is 0.233. The van der Waals surface area contributed by atoms with Crippen molar-refractivity contribution in [2.45, 2.75) is 26.8 Å². The molecule has 2 aromatic rings. The van der Waals surface area contributed by atoms with Gasteiger partial charge in [0.15, 0.2) is 0 Å². The van der Waals surface area contributed by atoms with Crippen LogP contribution in [0.3, 0.4) is 0 Å². The normalized spacial score (nSPS) is 11.2. The van der Waals surface area contributed by atoms with E-state index in [1.165, 1.54) is 6.20 Å². The zero-order valence-corrected chi connectivity index (χ0v) is 9.56. The lowest BCUT2D eigenvalue weighted by Crippen LogP contribution is -2.01. The second-order valence-electron chi connectivity index (χ2n) is 4.21. The zero-order chi connectivity index (χ0) is 11.9. The van der Waals surface area contributed by atoms with Crippen LogP contribution < -0.4 is 0 Å². The molecule has 0 fully saturated rings. The highest BCUT2D eigenvalue weighted by atomic mass is 16.4. The van der Waals surface area contributed by atoms with E-state index in [0.717, 1.165) is 16.6 Å². The number of fused-ring (bicyclic) bond motifs is 1. The molecule has 16 heavy (non-hydrogen) atoms. The summed E-state index contributed by atoms with van der Waals surface area (Å²) in [7, 11) is 0. The van der Waals surface area contributed by atoms with Crippen molar-refractivity contribution in [1.82, 2.24) is 9.55 Å². The molecular formula is C12H14N2O2. The lowest BCUT2D eigenvalue weighted by molar-refractivity contribution is 0.0696. The molecule has 0 unspecified atom stereocenters. The van der Waals surface area contributed by atoms with Crippen LogP contribution in [0.15, 0.2) is 18.5 Å². The summed E-state index contributed by atoms with van der Waals surface area (Å²) in [5.41, 5.74) is 2.13. The van der Waals surface area contributed by atoms with Crippen LogP contribution in [0.1, 0.15) is 35.8 Å². The summed E-state index contributed by atoms with van der Waals surface area (Å²) in [6.07, 6.45) is 3.41. The van der Waals surface area contributed by atoms with Gasteiger partial charge in [-0.3, -0.25) is 0 Å². The van der Waals surface area contributed by atoms with Crippen LogP contribution in [0.5, 0.6) is 0 Å². The highest BCUT2D eigenvalue weighted by Gasteiger charge is 2.12. The first-order valence-electron chi connectivity index (χ1n) is 5.21. The van der Waals surface area contributed by atoms with Gasteiger partial charge in [-0.25, -0.2) is 9.78 Å². The van der Waals surface area contributed by atoms with Crippen molar-refractivity contribution < 1.29 is 9.90 Å². The fraction of sp³-hybridized carbons (Fsp3) is 0.333. The minimum Gasteiger partial charge on any atom is -0.478 e. The maximum absolute atomic E-state index is 10.8. The molecule has 1 N–H and O–H groups in total. The monoisotopic (exact) mass is 218 g/mol. The molecule has 0 saturated carbocycles. The zero-order valence-electron chi connectivity index (χ0n) is 9.56. The molecule has 4 heteroatoms. The van der Waals surface area contributed by atoms with Crippen LogP contribution in [0.25, 0.3) is 11.0 Å². The van der Waals surface area contributed by atoms with E-state index in [2.05, 4.69) is 23.4 Å². The van der Waals surface area contributed by atoms with Gasteiger partial charge < -0.3 is 9.67 Å². The van der Waals surface area contributed by atoms with E-state index in [9.17, 15) is 4.79 Å². The molecule has 0 spiro atoms. The number of hydrogen-bond donors (Lipinski definition) is 1. The van der Waals surface area contributed by atoms with E-state index < -0.39 is 5.97 Å². The summed E-state index contributed by atoms with van der Waals surface area (Å²) in [6.45, 7) is 6.12. The number of nitrogens with zero attached hydrogens (tertiary/aromatic N) is 2. The van der Waals surface area contributed by atoms with Crippen molar-refractivity contribution in [2.24, 2.45) is 0 Å². The molecule has 4 nitrogen and oxygen atoms in total. The van der Waals surface area contributed by atoms with Crippen molar-refractivity contribution >= 4 is 17.0 Å². The predicted octanol–water partition coefficient (Wildman–Crippen LogP) is 2.62. The van der Waals surface area contributed by atoms with Crippen LogP contribution >= 0.6 is 0 Å². The first kappa shape index (κ1) is 10.7. The van der Waals surface area contributed by atoms with Crippen molar-refractivity contribution in [3.05, 3.63) is 29.6 Å². The predicted molar refractivity (Wildman–Crippen MR) is 61.8 cm³/mol. The molecule has 0 saturated heterocycles. The van der Waals surface area contributed by atoms with E-state index in [4.69, 9.17) is 5.11 Å². The quantitative estimate of drug-likeness (QED) is 0.843. The van der Waals surface area contributed by atoms with Gasteiger partial charge in [0, 0.05) is 23.8 Å². The number of carboxylic acids is 1. The summed E-state index contributed by atoms with van der Waals surface area (Å²) in [5.74, 6) is -0.939. The van der Waals surface area contributed by atoms with Gasteiger partial charge in [-0.2, -0.15) is 0 Å². The fourth-order valence-corrected chi connectivity index (χ4v) is 1.80. The van der Waals surface area contributed by atoms with E-state index >= 15 is 0 Å². The van der Waals surface area contributed by atoms with E-state index in [-0.39, 0.29) is 5.56 Å². The third kappa shape index (κ3) is 1.56. The molecule has 0 aliphatic heterocycles. The Bertz CT molecular complexity index is 555. The molecule has 0 aliphatic carbocycles. The maximum atomic E-state index is 10.8. The standard InChI is InChI=1S/C12H14N2O2/c1-7(2)14-6-8(3)10-4-9(12(15)16)5-13-11(10)14/h4-7H,1-3H3,(H,15,16). The number of carbonyl (C=O) groups is 1. The van der Waals surface area contributed by atoms with Gasteiger partial charge in [0.1, 0.15) is 5.65 Å². The van der Waals surface area contributed by atoms with E-state index in [1.54, 1.807) is 6.07 Å². The second kappa shape index (κ2) is 3.63. The molecule has 0 aliphatic rings. The molecule has 0 aromatic carbocycles. The van der Waals surface area contributed by atoms with Gasteiger partial charge in [0.25, 0.3) is 0 Å². The van der Waals surface area contributed by atoms with Crippen LogP contribution in [-0.2, 0) is 0 Å². The summed E-state index contributed by atoms with van der Waals surface area (Å²) in [6, 6.07) is 2.00. The van der Waals surface area contributed by atoms with Crippen LogP contribution in [-0.4, -0.2) is 20.6 Å². The van der Waals surface area contributed by atoms with Crippen molar-refractivity contribution in [3.8, 4) is 0 Å². The van der Waals surface area contributed by atoms with Gasteiger partial charge >= 0.3 is 5.97 Å². The topological polar surface area (TPSA) is 55.1 Å². The molecular weight excluding hydrogens is 204 g/mol. The van der Waals surface area contributed by atoms with E-state index in [0.29, 0.717) is 6.04 Å². The number of hydrogen-bond acceptors (Lipinski definition) is 2. The Morgan fingerprint density at radius 3 is 2.75 bits per heavy atom. The lowest BCUT2D eigenvalue weighted by Gasteiger charge is -2.07. The summed E-state index contributed by atoms with van der Waals surface area (Å²) in [4.78, 5) is 15.1.